The maximum atomic E-state index is 13.2. The molecule has 1 heterocycles. The van der Waals surface area contributed by atoms with Gasteiger partial charge < -0.3 is 5.32 Å². The van der Waals surface area contributed by atoms with E-state index in [1.54, 1.807) is 30.3 Å². The molecular formula is C16H19N3O3S. The molecule has 0 spiro atoms. The van der Waals surface area contributed by atoms with Gasteiger partial charge in [-0.1, -0.05) is 30.5 Å². The quantitative estimate of drug-likeness (QED) is 0.899. The van der Waals surface area contributed by atoms with Crippen molar-refractivity contribution in [2.75, 3.05) is 5.32 Å². The highest BCUT2D eigenvalue weighted by molar-refractivity contribution is 7.93. The number of sulfone groups is 1. The van der Waals surface area contributed by atoms with E-state index in [-0.39, 0.29) is 4.90 Å². The lowest BCUT2D eigenvalue weighted by Gasteiger charge is -2.27. The summed E-state index contributed by atoms with van der Waals surface area (Å²) in [6.07, 6.45) is 3.63. The smallest absolute Gasteiger partial charge is 0.247 e. The number of benzene rings is 1. The molecule has 0 saturated heterocycles. The van der Waals surface area contributed by atoms with Gasteiger partial charge in [0.15, 0.2) is 14.6 Å². The van der Waals surface area contributed by atoms with Crippen LogP contribution in [-0.4, -0.2) is 29.3 Å². The van der Waals surface area contributed by atoms with E-state index in [2.05, 4.69) is 15.5 Å². The Balaban J connectivity index is 1.99. The topological polar surface area (TPSA) is 91.9 Å². The molecule has 1 aromatic heterocycles. The summed E-state index contributed by atoms with van der Waals surface area (Å²) < 4.78 is 24.9. The van der Waals surface area contributed by atoms with Crippen LogP contribution in [0.3, 0.4) is 0 Å². The van der Waals surface area contributed by atoms with Gasteiger partial charge in [-0.25, -0.2) is 8.42 Å². The third-order valence-corrected chi connectivity index (χ3v) is 6.93. The van der Waals surface area contributed by atoms with Crippen molar-refractivity contribution in [3.63, 3.8) is 0 Å². The van der Waals surface area contributed by atoms with Crippen molar-refractivity contribution < 1.29 is 13.2 Å². The summed E-state index contributed by atoms with van der Waals surface area (Å²) in [5, 5.41) is 9.05. The number of hydrogen-bond donors (Lipinski definition) is 2. The zero-order chi connectivity index (χ0) is 16.5. The van der Waals surface area contributed by atoms with Crippen LogP contribution < -0.4 is 5.32 Å². The molecule has 3 rings (SSSR count). The number of nitrogens with one attached hydrogen (secondary N) is 2. The molecular weight excluding hydrogens is 314 g/mol. The summed E-state index contributed by atoms with van der Waals surface area (Å²) in [4.78, 5) is 13.0. The van der Waals surface area contributed by atoms with E-state index < -0.39 is 20.5 Å². The van der Waals surface area contributed by atoms with Crippen molar-refractivity contribution in [3.05, 3.63) is 42.1 Å². The SMILES string of the molecule is Cc1ccc(S(=O)(=O)C2(C(=O)Nc3ccn[nH]3)CCCC2)cc1. The molecule has 1 aromatic carbocycles. The van der Waals surface area contributed by atoms with Crippen LogP contribution in [0.25, 0.3) is 0 Å². The van der Waals surface area contributed by atoms with E-state index in [9.17, 15) is 13.2 Å². The van der Waals surface area contributed by atoms with E-state index in [0.29, 0.717) is 18.7 Å². The fourth-order valence-corrected chi connectivity index (χ4v) is 5.14. The molecule has 7 heteroatoms. The molecule has 2 aromatic rings. The molecule has 1 amide bonds. The fraction of sp³-hybridized carbons (Fsp3) is 0.375. The number of hydrogen-bond acceptors (Lipinski definition) is 4. The van der Waals surface area contributed by atoms with Crippen LogP contribution in [0, 0.1) is 6.92 Å². The largest absolute Gasteiger partial charge is 0.310 e. The number of H-pyrrole nitrogens is 1. The van der Waals surface area contributed by atoms with Gasteiger partial charge in [0.25, 0.3) is 0 Å². The van der Waals surface area contributed by atoms with Crippen LogP contribution in [0.2, 0.25) is 0 Å². The number of aromatic nitrogens is 2. The second-order valence-electron chi connectivity index (χ2n) is 5.94. The van der Waals surface area contributed by atoms with Gasteiger partial charge in [-0.15, -0.1) is 0 Å². The average Bonchev–Trinajstić information content (AvgIpc) is 3.19. The molecule has 0 aliphatic heterocycles. The maximum Gasteiger partial charge on any atom is 0.247 e. The first kappa shape index (κ1) is 15.7. The molecule has 6 nitrogen and oxygen atoms in total. The zero-order valence-corrected chi connectivity index (χ0v) is 13.7. The molecule has 1 aliphatic carbocycles. The van der Waals surface area contributed by atoms with Crippen molar-refractivity contribution in [2.45, 2.75) is 42.2 Å². The lowest BCUT2D eigenvalue weighted by atomic mass is 10.1. The molecule has 122 valence electrons. The first-order chi connectivity index (χ1) is 11.0. The van der Waals surface area contributed by atoms with Crippen LogP contribution in [0.15, 0.2) is 41.4 Å². The number of amides is 1. The van der Waals surface area contributed by atoms with E-state index in [4.69, 9.17) is 0 Å². The van der Waals surface area contributed by atoms with Gasteiger partial charge in [-0.3, -0.25) is 9.89 Å². The fourth-order valence-electron chi connectivity index (χ4n) is 3.07. The third-order valence-electron chi connectivity index (χ3n) is 4.42. The van der Waals surface area contributed by atoms with Gasteiger partial charge in [0.1, 0.15) is 5.82 Å². The molecule has 0 atom stereocenters. The van der Waals surface area contributed by atoms with Crippen molar-refractivity contribution in [2.24, 2.45) is 0 Å². The van der Waals surface area contributed by atoms with E-state index >= 15 is 0 Å². The minimum Gasteiger partial charge on any atom is -0.310 e. The third kappa shape index (κ3) is 2.65. The Hall–Kier alpha value is -2.15. The minimum absolute atomic E-state index is 0.199. The number of carbonyl (C=O) groups is 1. The average molecular weight is 333 g/mol. The lowest BCUT2D eigenvalue weighted by Crippen LogP contribution is -2.47. The minimum atomic E-state index is -3.77. The van der Waals surface area contributed by atoms with E-state index in [1.807, 2.05) is 6.92 Å². The van der Waals surface area contributed by atoms with Crippen molar-refractivity contribution in [1.29, 1.82) is 0 Å². The second-order valence-corrected chi connectivity index (χ2v) is 8.20. The molecule has 1 saturated carbocycles. The molecule has 1 fully saturated rings. The molecule has 1 aliphatic rings. The standard InChI is InChI=1S/C16H19N3O3S/c1-12-4-6-13(7-5-12)23(21,22)16(9-2-3-10-16)15(20)18-14-8-11-17-19-14/h4-8,11H,2-3,9-10H2,1H3,(H2,17,18,19,20). The van der Waals surface area contributed by atoms with Crippen molar-refractivity contribution in [1.82, 2.24) is 10.2 Å². The Bertz CT molecular complexity index is 790. The number of aromatic amines is 1. The summed E-state index contributed by atoms with van der Waals surface area (Å²) in [7, 11) is -3.77. The summed E-state index contributed by atoms with van der Waals surface area (Å²) in [5.74, 6) is -0.0831. The zero-order valence-electron chi connectivity index (χ0n) is 12.9. The van der Waals surface area contributed by atoms with Gasteiger partial charge in [-0.2, -0.15) is 5.10 Å². The Morgan fingerprint density at radius 3 is 2.39 bits per heavy atom. The predicted octanol–water partition coefficient (Wildman–Crippen LogP) is 2.44. The van der Waals surface area contributed by atoms with Crippen LogP contribution in [-0.2, 0) is 14.6 Å². The van der Waals surface area contributed by atoms with Gasteiger partial charge >= 0.3 is 0 Å². The molecule has 23 heavy (non-hydrogen) atoms. The number of nitrogens with zero attached hydrogens (tertiary/aromatic N) is 1. The van der Waals surface area contributed by atoms with Crippen molar-refractivity contribution >= 4 is 21.6 Å². The van der Waals surface area contributed by atoms with Gasteiger partial charge in [0.2, 0.25) is 5.91 Å². The summed E-state index contributed by atoms with van der Waals surface area (Å²) in [5.41, 5.74) is 0.978. The molecule has 0 unspecified atom stereocenters. The maximum absolute atomic E-state index is 13.2. The first-order valence-corrected chi connectivity index (χ1v) is 9.06. The second kappa shape index (κ2) is 5.81. The van der Waals surface area contributed by atoms with Gasteiger partial charge in [0, 0.05) is 6.07 Å². The summed E-state index contributed by atoms with van der Waals surface area (Å²) >= 11 is 0. The lowest BCUT2D eigenvalue weighted by molar-refractivity contribution is -0.118. The molecule has 2 N–H and O–H groups in total. The summed E-state index contributed by atoms with van der Waals surface area (Å²) in [6, 6.07) is 8.26. The Kier molecular flexibility index (Phi) is 3.97. The number of anilines is 1. The van der Waals surface area contributed by atoms with Crippen LogP contribution in [0.4, 0.5) is 5.82 Å². The number of carbonyl (C=O) groups excluding carboxylic acids is 1. The van der Waals surface area contributed by atoms with Crippen LogP contribution >= 0.6 is 0 Å². The van der Waals surface area contributed by atoms with Gasteiger partial charge in [0.05, 0.1) is 11.1 Å². The molecule has 0 radical (unpaired) electrons. The number of aryl methyl sites for hydroxylation is 1. The van der Waals surface area contributed by atoms with E-state index in [0.717, 1.165) is 18.4 Å². The normalized spacial score (nSPS) is 17.1. The predicted molar refractivity (Wildman–Crippen MR) is 86.8 cm³/mol. The highest BCUT2D eigenvalue weighted by atomic mass is 32.2. The first-order valence-electron chi connectivity index (χ1n) is 7.58. The van der Waals surface area contributed by atoms with Gasteiger partial charge in [-0.05, 0) is 31.9 Å². The van der Waals surface area contributed by atoms with Crippen LogP contribution in [0.1, 0.15) is 31.2 Å². The monoisotopic (exact) mass is 333 g/mol. The number of rotatable bonds is 4. The Labute approximate surface area is 135 Å². The molecule has 0 bridgehead atoms. The van der Waals surface area contributed by atoms with Crippen LogP contribution in [0.5, 0.6) is 0 Å². The summed E-state index contributed by atoms with van der Waals surface area (Å²) in [6.45, 7) is 1.90. The highest BCUT2D eigenvalue weighted by Gasteiger charge is 2.53. The van der Waals surface area contributed by atoms with E-state index in [1.165, 1.54) is 6.20 Å². The van der Waals surface area contributed by atoms with Crippen molar-refractivity contribution in [3.8, 4) is 0 Å². The Morgan fingerprint density at radius 2 is 1.83 bits per heavy atom. The Morgan fingerprint density at radius 1 is 1.17 bits per heavy atom. The highest BCUT2D eigenvalue weighted by Crippen LogP contribution is 2.41.